The van der Waals surface area contributed by atoms with Crippen molar-refractivity contribution in [2.75, 3.05) is 26.2 Å². The minimum absolute atomic E-state index is 0.116. The molecule has 2 heterocycles. The largest absolute Gasteiger partial charge is 0.464 e. The molecule has 0 saturated carbocycles. The number of carbonyl (C=O) groups is 2. The fraction of sp³-hybridized carbons (Fsp3) is 0.667. The van der Waals surface area contributed by atoms with E-state index in [2.05, 4.69) is 0 Å². The van der Waals surface area contributed by atoms with E-state index >= 15 is 0 Å². The number of hydrogen-bond acceptors (Lipinski definition) is 5. The number of piperidine rings is 1. The van der Waals surface area contributed by atoms with E-state index in [1.807, 2.05) is 0 Å². The standard InChI is InChI=1S/C18H29N3O5S/c1-5-20(6-2)27(24,25)16-11-17(19(4)12-16)18(23)21-10-8-7-9-15(21)13-26-14(3)22/h11-12,15H,5-10,13H2,1-4H3. The molecule has 1 aliphatic rings. The van der Waals surface area contributed by atoms with Crippen LogP contribution in [0.4, 0.5) is 0 Å². The van der Waals surface area contributed by atoms with E-state index in [9.17, 15) is 18.0 Å². The number of aryl methyl sites for hydroxylation is 1. The lowest BCUT2D eigenvalue weighted by molar-refractivity contribution is -0.142. The first-order chi connectivity index (χ1) is 12.7. The van der Waals surface area contributed by atoms with Gasteiger partial charge in [0.05, 0.1) is 6.04 Å². The van der Waals surface area contributed by atoms with Crippen LogP contribution in [0, 0.1) is 0 Å². The Morgan fingerprint density at radius 3 is 2.52 bits per heavy atom. The molecule has 0 aromatic carbocycles. The molecular weight excluding hydrogens is 370 g/mol. The van der Waals surface area contributed by atoms with Crippen LogP contribution in [-0.2, 0) is 26.6 Å². The molecular formula is C18H29N3O5S. The van der Waals surface area contributed by atoms with Crippen LogP contribution in [0.25, 0.3) is 0 Å². The highest BCUT2D eigenvalue weighted by Crippen LogP contribution is 2.23. The zero-order valence-electron chi connectivity index (χ0n) is 16.5. The molecule has 1 fully saturated rings. The number of ether oxygens (including phenoxy) is 1. The highest BCUT2D eigenvalue weighted by Gasteiger charge is 2.31. The average molecular weight is 400 g/mol. The Labute approximate surface area is 161 Å². The molecule has 0 aliphatic carbocycles. The Morgan fingerprint density at radius 2 is 1.93 bits per heavy atom. The summed E-state index contributed by atoms with van der Waals surface area (Å²) in [4.78, 5) is 26.0. The van der Waals surface area contributed by atoms with Crippen LogP contribution >= 0.6 is 0 Å². The van der Waals surface area contributed by atoms with Crippen molar-refractivity contribution in [3.63, 3.8) is 0 Å². The van der Waals surface area contributed by atoms with Crippen molar-refractivity contribution in [2.45, 2.75) is 51.0 Å². The third-order valence-corrected chi connectivity index (χ3v) is 6.92. The Kier molecular flexibility index (Phi) is 7.05. The third kappa shape index (κ3) is 4.70. The molecule has 1 aliphatic heterocycles. The first kappa shape index (κ1) is 21.4. The monoisotopic (exact) mass is 399 g/mol. The molecule has 0 N–H and O–H groups in total. The lowest BCUT2D eigenvalue weighted by Crippen LogP contribution is -2.46. The van der Waals surface area contributed by atoms with Gasteiger partial charge in [0.1, 0.15) is 17.2 Å². The fourth-order valence-electron chi connectivity index (χ4n) is 3.40. The highest BCUT2D eigenvalue weighted by atomic mass is 32.2. The molecule has 1 aromatic rings. The Morgan fingerprint density at radius 1 is 1.26 bits per heavy atom. The van der Waals surface area contributed by atoms with Gasteiger partial charge in [-0.15, -0.1) is 0 Å². The maximum absolute atomic E-state index is 13.1. The van der Waals surface area contributed by atoms with E-state index in [0.29, 0.717) is 25.3 Å². The van der Waals surface area contributed by atoms with Crippen molar-refractivity contribution in [2.24, 2.45) is 7.05 Å². The van der Waals surface area contributed by atoms with Crippen LogP contribution in [0.5, 0.6) is 0 Å². The number of sulfonamides is 1. The van der Waals surface area contributed by atoms with Gasteiger partial charge in [-0.1, -0.05) is 13.8 Å². The molecule has 1 atom stereocenters. The molecule has 0 spiro atoms. The SMILES string of the molecule is CCN(CC)S(=O)(=O)c1cc(C(=O)N2CCCCC2COC(C)=O)n(C)c1. The summed E-state index contributed by atoms with van der Waals surface area (Å²) in [6, 6.07) is 1.25. The van der Waals surface area contributed by atoms with Gasteiger partial charge in [-0.3, -0.25) is 9.59 Å². The van der Waals surface area contributed by atoms with Crippen LogP contribution in [-0.4, -0.2) is 66.3 Å². The number of hydrogen-bond donors (Lipinski definition) is 0. The van der Waals surface area contributed by atoms with Gasteiger partial charge < -0.3 is 14.2 Å². The molecule has 1 amide bonds. The first-order valence-corrected chi connectivity index (χ1v) is 10.8. The smallest absolute Gasteiger partial charge is 0.302 e. The molecule has 1 aromatic heterocycles. The van der Waals surface area contributed by atoms with E-state index in [1.54, 1.807) is 30.4 Å². The second-order valence-electron chi connectivity index (χ2n) is 6.71. The van der Waals surface area contributed by atoms with Crippen molar-refractivity contribution in [1.82, 2.24) is 13.8 Å². The molecule has 1 unspecified atom stereocenters. The predicted molar refractivity (Wildman–Crippen MR) is 101 cm³/mol. The second kappa shape index (κ2) is 8.88. The van der Waals surface area contributed by atoms with Gasteiger partial charge in [0, 0.05) is 39.8 Å². The van der Waals surface area contributed by atoms with Crippen molar-refractivity contribution >= 4 is 21.9 Å². The summed E-state index contributed by atoms with van der Waals surface area (Å²) in [6.45, 7) is 6.37. The summed E-state index contributed by atoms with van der Waals surface area (Å²) in [5.41, 5.74) is 0.315. The zero-order chi connectivity index (χ0) is 20.2. The summed E-state index contributed by atoms with van der Waals surface area (Å²) in [5, 5.41) is 0. The van der Waals surface area contributed by atoms with Crippen LogP contribution in [0.3, 0.4) is 0 Å². The van der Waals surface area contributed by atoms with E-state index in [1.165, 1.54) is 23.5 Å². The molecule has 152 valence electrons. The van der Waals surface area contributed by atoms with Crippen LogP contribution in [0.2, 0.25) is 0 Å². The summed E-state index contributed by atoms with van der Waals surface area (Å²) in [6.07, 6.45) is 4.07. The number of likely N-dealkylation sites (tertiary alicyclic amines) is 1. The number of carbonyl (C=O) groups excluding carboxylic acids is 2. The normalized spacial score (nSPS) is 18.0. The lowest BCUT2D eigenvalue weighted by Gasteiger charge is -2.35. The molecule has 0 radical (unpaired) electrons. The molecule has 9 heteroatoms. The molecule has 1 saturated heterocycles. The molecule has 2 rings (SSSR count). The Bertz CT molecular complexity index is 783. The number of amides is 1. The molecule has 27 heavy (non-hydrogen) atoms. The quantitative estimate of drug-likeness (QED) is 0.650. The maximum atomic E-state index is 13.1. The summed E-state index contributed by atoms with van der Waals surface area (Å²) >= 11 is 0. The third-order valence-electron chi connectivity index (χ3n) is 4.91. The number of rotatable bonds is 7. The van der Waals surface area contributed by atoms with Gasteiger partial charge in [0.25, 0.3) is 5.91 Å². The number of nitrogens with zero attached hydrogens (tertiary/aromatic N) is 3. The van der Waals surface area contributed by atoms with Crippen molar-refractivity contribution in [3.8, 4) is 0 Å². The average Bonchev–Trinajstić information content (AvgIpc) is 3.03. The van der Waals surface area contributed by atoms with Gasteiger partial charge in [0.2, 0.25) is 10.0 Å². The predicted octanol–water partition coefficient (Wildman–Crippen LogP) is 1.61. The lowest BCUT2D eigenvalue weighted by atomic mass is 10.0. The van der Waals surface area contributed by atoms with Gasteiger partial charge in [-0.2, -0.15) is 4.31 Å². The second-order valence-corrected chi connectivity index (χ2v) is 8.65. The Hall–Kier alpha value is -1.87. The Balaban J connectivity index is 2.28. The number of aromatic nitrogens is 1. The fourth-order valence-corrected chi connectivity index (χ4v) is 4.93. The maximum Gasteiger partial charge on any atom is 0.302 e. The summed E-state index contributed by atoms with van der Waals surface area (Å²) < 4.78 is 33.5. The topological polar surface area (TPSA) is 88.9 Å². The van der Waals surface area contributed by atoms with Gasteiger partial charge >= 0.3 is 5.97 Å². The van der Waals surface area contributed by atoms with Crippen LogP contribution in [0.15, 0.2) is 17.2 Å². The minimum Gasteiger partial charge on any atom is -0.464 e. The van der Waals surface area contributed by atoms with Crippen molar-refractivity contribution < 1.29 is 22.7 Å². The first-order valence-electron chi connectivity index (χ1n) is 9.33. The van der Waals surface area contributed by atoms with Crippen LogP contribution < -0.4 is 0 Å². The molecule has 8 nitrogen and oxygen atoms in total. The highest BCUT2D eigenvalue weighted by molar-refractivity contribution is 7.89. The van der Waals surface area contributed by atoms with Crippen LogP contribution in [0.1, 0.15) is 50.5 Å². The summed E-state index contributed by atoms with van der Waals surface area (Å²) in [7, 11) is -1.96. The van der Waals surface area contributed by atoms with Crippen molar-refractivity contribution in [3.05, 3.63) is 18.0 Å². The van der Waals surface area contributed by atoms with E-state index in [4.69, 9.17) is 4.74 Å². The molecule has 0 bridgehead atoms. The summed E-state index contributed by atoms with van der Waals surface area (Å²) in [5.74, 6) is -0.616. The van der Waals surface area contributed by atoms with E-state index < -0.39 is 10.0 Å². The van der Waals surface area contributed by atoms with Gasteiger partial charge in [0.15, 0.2) is 0 Å². The van der Waals surface area contributed by atoms with E-state index in [-0.39, 0.29) is 29.4 Å². The zero-order valence-corrected chi connectivity index (χ0v) is 17.3. The van der Waals surface area contributed by atoms with Gasteiger partial charge in [-0.25, -0.2) is 8.42 Å². The van der Waals surface area contributed by atoms with Gasteiger partial charge in [-0.05, 0) is 25.3 Å². The number of esters is 1. The van der Waals surface area contributed by atoms with E-state index in [0.717, 1.165) is 19.3 Å². The minimum atomic E-state index is -3.63. The van der Waals surface area contributed by atoms with Crippen molar-refractivity contribution in [1.29, 1.82) is 0 Å².